The number of rotatable bonds is 4. The highest BCUT2D eigenvalue weighted by atomic mass is 35.5. The lowest BCUT2D eigenvalue weighted by Gasteiger charge is -2.29. The summed E-state index contributed by atoms with van der Waals surface area (Å²) >= 11 is 6.21. The summed E-state index contributed by atoms with van der Waals surface area (Å²) in [6, 6.07) is 16.9. The van der Waals surface area contributed by atoms with Crippen LogP contribution in [0.1, 0.15) is 5.56 Å². The van der Waals surface area contributed by atoms with Crippen LogP contribution in [0.4, 0.5) is 5.69 Å². The summed E-state index contributed by atoms with van der Waals surface area (Å²) < 4.78 is 5.21. The Kier molecular flexibility index (Phi) is 4.98. The van der Waals surface area contributed by atoms with Gasteiger partial charge in [-0.25, -0.2) is 0 Å². The molecule has 0 radical (unpaired) electrons. The SMILES string of the molecule is COc1ccc(C[NH+]2CC[NH+](c3ccccc3)CC2)cc1Cl. The Morgan fingerprint density at radius 3 is 2.36 bits per heavy atom. The normalized spacial score (nSPS) is 21.5. The molecule has 0 aromatic heterocycles. The molecule has 0 atom stereocenters. The maximum atomic E-state index is 6.21. The van der Waals surface area contributed by atoms with Gasteiger partial charge in [0.2, 0.25) is 0 Å². The van der Waals surface area contributed by atoms with E-state index in [4.69, 9.17) is 16.3 Å². The summed E-state index contributed by atoms with van der Waals surface area (Å²) in [4.78, 5) is 3.22. The molecule has 0 bridgehead atoms. The van der Waals surface area contributed by atoms with Crippen LogP contribution in [0.5, 0.6) is 5.75 Å². The van der Waals surface area contributed by atoms with E-state index in [2.05, 4.69) is 36.4 Å². The molecule has 3 nitrogen and oxygen atoms in total. The Hall–Kier alpha value is -1.55. The third kappa shape index (κ3) is 3.61. The van der Waals surface area contributed by atoms with Gasteiger partial charge in [0, 0.05) is 5.56 Å². The van der Waals surface area contributed by atoms with Crippen LogP contribution in [0.3, 0.4) is 0 Å². The number of para-hydroxylation sites is 1. The van der Waals surface area contributed by atoms with Gasteiger partial charge in [-0.1, -0.05) is 29.8 Å². The van der Waals surface area contributed by atoms with E-state index in [9.17, 15) is 0 Å². The summed E-state index contributed by atoms with van der Waals surface area (Å²) in [5.41, 5.74) is 2.69. The second-order valence-electron chi connectivity index (χ2n) is 5.87. The fraction of sp³-hybridized carbons (Fsp3) is 0.333. The average molecular weight is 319 g/mol. The van der Waals surface area contributed by atoms with Crippen LogP contribution in [0.2, 0.25) is 5.02 Å². The molecule has 1 saturated heterocycles. The molecule has 0 aliphatic carbocycles. The molecule has 0 amide bonds. The minimum Gasteiger partial charge on any atom is -0.495 e. The van der Waals surface area contributed by atoms with Crippen LogP contribution >= 0.6 is 11.6 Å². The van der Waals surface area contributed by atoms with Crippen LogP contribution in [0, 0.1) is 0 Å². The third-order valence-electron chi connectivity index (χ3n) is 4.41. The van der Waals surface area contributed by atoms with Crippen LogP contribution < -0.4 is 14.5 Å². The Bertz CT molecular complexity index is 610. The predicted molar refractivity (Wildman–Crippen MR) is 89.2 cm³/mol. The zero-order chi connectivity index (χ0) is 15.4. The smallest absolute Gasteiger partial charge is 0.137 e. The monoisotopic (exact) mass is 318 g/mol. The van der Waals surface area contributed by atoms with Gasteiger partial charge in [0.1, 0.15) is 44.2 Å². The van der Waals surface area contributed by atoms with E-state index in [-0.39, 0.29) is 0 Å². The number of nitrogens with one attached hydrogen (secondary N) is 2. The van der Waals surface area contributed by atoms with E-state index in [0.717, 1.165) is 12.3 Å². The maximum absolute atomic E-state index is 6.21. The fourth-order valence-electron chi connectivity index (χ4n) is 3.15. The zero-order valence-corrected chi connectivity index (χ0v) is 13.7. The first kappa shape index (κ1) is 15.3. The van der Waals surface area contributed by atoms with Crippen LogP contribution in [-0.4, -0.2) is 33.3 Å². The molecule has 2 aromatic rings. The molecular formula is C18H23ClN2O+2. The number of methoxy groups -OCH3 is 1. The Labute approximate surface area is 137 Å². The first-order valence-electron chi connectivity index (χ1n) is 7.82. The van der Waals surface area contributed by atoms with Crippen molar-refractivity contribution in [1.82, 2.24) is 0 Å². The van der Waals surface area contributed by atoms with Crippen molar-refractivity contribution in [2.45, 2.75) is 6.54 Å². The van der Waals surface area contributed by atoms with Gasteiger partial charge in [-0.05, 0) is 30.3 Å². The second-order valence-corrected chi connectivity index (χ2v) is 6.27. The lowest BCUT2D eigenvalue weighted by molar-refractivity contribution is -0.994. The van der Waals surface area contributed by atoms with Gasteiger partial charge in [0.25, 0.3) is 0 Å². The summed E-state index contributed by atoms with van der Waals surface area (Å²) in [5.74, 6) is 0.749. The van der Waals surface area contributed by atoms with E-state index < -0.39 is 0 Å². The first-order chi connectivity index (χ1) is 10.8. The quantitative estimate of drug-likeness (QED) is 0.859. The van der Waals surface area contributed by atoms with E-state index in [0.29, 0.717) is 5.02 Å². The van der Waals surface area contributed by atoms with E-state index in [1.807, 2.05) is 12.1 Å². The van der Waals surface area contributed by atoms with Crippen LogP contribution in [0.15, 0.2) is 48.5 Å². The van der Waals surface area contributed by atoms with E-state index in [1.165, 1.54) is 37.4 Å². The van der Waals surface area contributed by atoms with Crippen LogP contribution in [-0.2, 0) is 6.54 Å². The molecule has 1 aliphatic rings. The van der Waals surface area contributed by atoms with Crippen LogP contribution in [0.25, 0.3) is 0 Å². The molecule has 22 heavy (non-hydrogen) atoms. The molecule has 1 aliphatic heterocycles. The summed E-state index contributed by atoms with van der Waals surface area (Å²) in [7, 11) is 1.65. The number of ether oxygens (including phenoxy) is 1. The molecule has 3 rings (SSSR count). The Balaban J connectivity index is 1.57. The number of piperazine rings is 1. The van der Waals surface area contributed by atoms with Gasteiger partial charge in [-0.2, -0.15) is 0 Å². The molecule has 116 valence electrons. The van der Waals surface area contributed by atoms with Gasteiger partial charge in [0.05, 0.1) is 12.1 Å². The number of hydrogen-bond donors (Lipinski definition) is 2. The van der Waals surface area contributed by atoms with Crippen molar-refractivity contribution in [3.8, 4) is 5.75 Å². The highest BCUT2D eigenvalue weighted by molar-refractivity contribution is 6.32. The molecule has 2 N–H and O–H groups in total. The molecule has 0 unspecified atom stereocenters. The standard InChI is InChI=1S/C18H21ClN2O/c1-22-18-8-7-15(13-17(18)19)14-20-9-11-21(12-10-20)16-5-3-2-4-6-16/h2-8,13H,9-12,14H2,1H3/p+2. The van der Waals surface area contributed by atoms with Gasteiger partial charge in [0.15, 0.2) is 0 Å². The van der Waals surface area contributed by atoms with E-state index >= 15 is 0 Å². The molecule has 2 aromatic carbocycles. The maximum Gasteiger partial charge on any atom is 0.137 e. The molecule has 1 fully saturated rings. The topological polar surface area (TPSA) is 18.1 Å². The van der Waals surface area contributed by atoms with Gasteiger partial charge >= 0.3 is 0 Å². The molecule has 0 spiro atoms. The van der Waals surface area contributed by atoms with Crippen molar-refractivity contribution in [2.75, 3.05) is 33.3 Å². The summed E-state index contributed by atoms with van der Waals surface area (Å²) in [6.45, 7) is 5.78. The van der Waals surface area contributed by atoms with Gasteiger partial charge in [-0.15, -0.1) is 0 Å². The number of halogens is 1. The Morgan fingerprint density at radius 1 is 1.00 bits per heavy atom. The highest BCUT2D eigenvalue weighted by Crippen LogP contribution is 2.24. The third-order valence-corrected chi connectivity index (χ3v) is 4.71. The lowest BCUT2D eigenvalue weighted by Crippen LogP contribution is -3.25. The second kappa shape index (κ2) is 7.14. The van der Waals surface area contributed by atoms with Crippen molar-refractivity contribution in [3.63, 3.8) is 0 Å². The van der Waals surface area contributed by atoms with Crippen molar-refractivity contribution in [2.24, 2.45) is 0 Å². The molecule has 1 heterocycles. The van der Waals surface area contributed by atoms with Gasteiger partial charge < -0.3 is 9.64 Å². The largest absolute Gasteiger partial charge is 0.495 e. The summed E-state index contributed by atoms with van der Waals surface area (Å²) in [5, 5.41) is 0.702. The van der Waals surface area contributed by atoms with Crippen molar-refractivity contribution in [1.29, 1.82) is 0 Å². The molecular weight excluding hydrogens is 296 g/mol. The van der Waals surface area contributed by atoms with Crippen molar-refractivity contribution < 1.29 is 14.5 Å². The first-order valence-corrected chi connectivity index (χ1v) is 8.20. The summed E-state index contributed by atoms with van der Waals surface area (Å²) in [6.07, 6.45) is 0. The minimum atomic E-state index is 0.702. The van der Waals surface area contributed by atoms with Gasteiger partial charge in [-0.3, -0.25) is 4.90 Å². The highest BCUT2D eigenvalue weighted by Gasteiger charge is 2.24. The minimum absolute atomic E-state index is 0.702. The zero-order valence-electron chi connectivity index (χ0n) is 12.9. The number of benzene rings is 2. The lowest BCUT2D eigenvalue weighted by atomic mass is 10.2. The molecule has 4 heteroatoms. The van der Waals surface area contributed by atoms with Crippen molar-refractivity contribution >= 4 is 17.3 Å². The van der Waals surface area contributed by atoms with Crippen molar-refractivity contribution in [3.05, 3.63) is 59.1 Å². The Morgan fingerprint density at radius 2 is 1.73 bits per heavy atom. The number of hydrogen-bond acceptors (Lipinski definition) is 1. The number of quaternary nitrogens is 2. The average Bonchev–Trinajstić information content (AvgIpc) is 2.57. The molecule has 0 saturated carbocycles. The predicted octanol–water partition coefficient (Wildman–Crippen LogP) is 0.964. The van der Waals surface area contributed by atoms with E-state index in [1.54, 1.807) is 16.9 Å². The fourth-order valence-corrected chi connectivity index (χ4v) is 3.43.